The molecule has 1 aromatic heterocycles. The van der Waals surface area contributed by atoms with Crippen molar-refractivity contribution in [1.82, 2.24) is 5.01 Å². The first kappa shape index (κ1) is 15.0. The van der Waals surface area contributed by atoms with Crippen molar-refractivity contribution < 1.29 is 4.79 Å². The molecular weight excluding hydrogens is 316 g/mol. The molecule has 0 fully saturated rings. The van der Waals surface area contributed by atoms with Gasteiger partial charge in [-0.05, 0) is 36.1 Å². The van der Waals surface area contributed by atoms with Crippen molar-refractivity contribution in [2.45, 2.75) is 19.4 Å². The predicted molar refractivity (Wildman–Crippen MR) is 91.3 cm³/mol. The summed E-state index contributed by atoms with van der Waals surface area (Å²) in [6.07, 6.45) is 4.00. The molecule has 1 aromatic carbocycles. The lowest BCUT2D eigenvalue weighted by Crippen LogP contribution is -2.24. The van der Waals surface area contributed by atoms with Gasteiger partial charge in [0.05, 0.1) is 11.8 Å². The Balaban J connectivity index is 1.94. The first-order valence-corrected chi connectivity index (χ1v) is 8.27. The van der Waals surface area contributed by atoms with Crippen molar-refractivity contribution in [3.8, 4) is 0 Å². The minimum atomic E-state index is -0.0927. The smallest absolute Gasteiger partial charge is 0.266 e. The molecule has 1 aliphatic heterocycles. The van der Waals surface area contributed by atoms with Gasteiger partial charge in [-0.1, -0.05) is 35.9 Å². The lowest BCUT2D eigenvalue weighted by atomic mass is 10.0. The molecule has 2 heterocycles. The van der Waals surface area contributed by atoms with Crippen LogP contribution < -0.4 is 0 Å². The third kappa shape index (κ3) is 2.98. The van der Waals surface area contributed by atoms with Crippen molar-refractivity contribution in [3.63, 3.8) is 0 Å². The number of carbonyl (C=O) groups is 1. The molecule has 3 nitrogen and oxygen atoms in total. The molecule has 1 unspecified atom stereocenters. The first-order chi connectivity index (χ1) is 10.7. The summed E-state index contributed by atoms with van der Waals surface area (Å²) in [5.41, 5.74) is 1.91. The quantitative estimate of drug-likeness (QED) is 0.754. The SMILES string of the molecule is CC=CC(=O)N1N=C(c2ccc(Cl)cc2)CC1c1cccs1. The van der Waals surface area contributed by atoms with E-state index in [0.29, 0.717) is 11.4 Å². The summed E-state index contributed by atoms with van der Waals surface area (Å²) in [5, 5.41) is 8.85. The summed E-state index contributed by atoms with van der Waals surface area (Å²) in [5.74, 6) is -0.0927. The average molecular weight is 331 g/mol. The number of benzene rings is 1. The number of nitrogens with zero attached hydrogens (tertiary/aromatic N) is 2. The van der Waals surface area contributed by atoms with Crippen LogP contribution in [-0.4, -0.2) is 16.6 Å². The zero-order chi connectivity index (χ0) is 15.5. The fraction of sp³-hybridized carbons (Fsp3) is 0.176. The van der Waals surface area contributed by atoms with Crippen LogP contribution in [0.15, 0.2) is 59.0 Å². The normalized spacial score (nSPS) is 18.0. The lowest BCUT2D eigenvalue weighted by Gasteiger charge is -2.18. The monoisotopic (exact) mass is 330 g/mol. The van der Waals surface area contributed by atoms with Gasteiger partial charge in [0.25, 0.3) is 5.91 Å². The van der Waals surface area contributed by atoms with Gasteiger partial charge in [-0.15, -0.1) is 11.3 Å². The van der Waals surface area contributed by atoms with Crippen LogP contribution in [0, 0.1) is 0 Å². The largest absolute Gasteiger partial charge is 0.268 e. The van der Waals surface area contributed by atoms with E-state index < -0.39 is 0 Å². The van der Waals surface area contributed by atoms with E-state index >= 15 is 0 Å². The zero-order valence-corrected chi connectivity index (χ0v) is 13.6. The number of amides is 1. The van der Waals surface area contributed by atoms with Crippen LogP contribution in [0.3, 0.4) is 0 Å². The zero-order valence-electron chi connectivity index (χ0n) is 12.1. The number of carbonyl (C=O) groups excluding carboxylic acids is 1. The molecule has 5 heteroatoms. The Bertz CT molecular complexity index is 720. The minimum absolute atomic E-state index is 0.0330. The second-order valence-electron chi connectivity index (χ2n) is 4.97. The van der Waals surface area contributed by atoms with E-state index in [2.05, 4.69) is 5.10 Å². The van der Waals surface area contributed by atoms with Gasteiger partial charge >= 0.3 is 0 Å². The molecule has 0 radical (unpaired) electrons. The van der Waals surface area contributed by atoms with E-state index in [0.717, 1.165) is 16.2 Å². The van der Waals surface area contributed by atoms with Crippen molar-refractivity contribution >= 4 is 34.6 Å². The summed E-state index contributed by atoms with van der Waals surface area (Å²) >= 11 is 7.58. The second-order valence-corrected chi connectivity index (χ2v) is 6.39. The Morgan fingerprint density at radius 2 is 2.14 bits per heavy atom. The van der Waals surface area contributed by atoms with Gasteiger partial charge in [-0.25, -0.2) is 5.01 Å². The highest BCUT2D eigenvalue weighted by Crippen LogP contribution is 2.35. The molecule has 1 aliphatic rings. The van der Waals surface area contributed by atoms with Gasteiger partial charge < -0.3 is 0 Å². The van der Waals surface area contributed by atoms with Crippen LogP contribution in [0.4, 0.5) is 0 Å². The van der Waals surface area contributed by atoms with Crippen molar-refractivity contribution in [3.05, 3.63) is 69.4 Å². The van der Waals surface area contributed by atoms with E-state index in [1.54, 1.807) is 28.5 Å². The molecule has 1 atom stereocenters. The van der Waals surface area contributed by atoms with Crippen LogP contribution in [0.25, 0.3) is 0 Å². The summed E-state index contributed by atoms with van der Waals surface area (Å²) in [7, 11) is 0. The number of rotatable bonds is 3. The van der Waals surface area contributed by atoms with Crippen LogP contribution in [0.2, 0.25) is 5.02 Å². The summed E-state index contributed by atoms with van der Waals surface area (Å²) in [6, 6.07) is 11.6. The van der Waals surface area contributed by atoms with Gasteiger partial charge in [0.2, 0.25) is 0 Å². The number of hydrazone groups is 1. The highest BCUT2D eigenvalue weighted by molar-refractivity contribution is 7.10. The van der Waals surface area contributed by atoms with Gasteiger partial charge in [0.1, 0.15) is 0 Å². The molecule has 0 saturated carbocycles. The van der Waals surface area contributed by atoms with Crippen molar-refractivity contribution in [1.29, 1.82) is 0 Å². The van der Waals surface area contributed by atoms with E-state index in [4.69, 9.17) is 11.6 Å². The van der Waals surface area contributed by atoms with E-state index in [9.17, 15) is 4.79 Å². The van der Waals surface area contributed by atoms with E-state index in [1.807, 2.05) is 48.7 Å². The van der Waals surface area contributed by atoms with Gasteiger partial charge in [-0.3, -0.25) is 4.79 Å². The average Bonchev–Trinajstić information content (AvgIpc) is 3.17. The Kier molecular flexibility index (Phi) is 4.41. The summed E-state index contributed by atoms with van der Waals surface area (Å²) < 4.78 is 0. The Labute approximate surface area is 138 Å². The Morgan fingerprint density at radius 1 is 1.36 bits per heavy atom. The molecular formula is C17H15ClN2OS. The first-order valence-electron chi connectivity index (χ1n) is 7.01. The van der Waals surface area contributed by atoms with Crippen molar-refractivity contribution in [2.75, 3.05) is 0 Å². The maximum atomic E-state index is 12.3. The number of hydrogen-bond acceptors (Lipinski definition) is 3. The Hall–Kier alpha value is -1.91. The maximum absolute atomic E-state index is 12.3. The molecule has 2 aromatic rings. The third-order valence-electron chi connectivity index (χ3n) is 3.49. The Morgan fingerprint density at radius 3 is 2.77 bits per heavy atom. The molecule has 22 heavy (non-hydrogen) atoms. The van der Waals surface area contributed by atoms with Gasteiger partial charge in [0, 0.05) is 22.4 Å². The highest BCUT2D eigenvalue weighted by Gasteiger charge is 2.32. The van der Waals surface area contributed by atoms with Crippen LogP contribution in [0.5, 0.6) is 0 Å². The molecule has 0 aliphatic carbocycles. The molecule has 112 valence electrons. The molecule has 0 saturated heterocycles. The number of allylic oxidation sites excluding steroid dienone is 1. The third-order valence-corrected chi connectivity index (χ3v) is 4.72. The standard InChI is InChI=1S/C17H15ClN2OS/c1-2-4-17(21)20-15(16-5-3-10-22-16)11-14(19-20)12-6-8-13(18)9-7-12/h2-10,15H,11H2,1H3. The minimum Gasteiger partial charge on any atom is -0.268 e. The maximum Gasteiger partial charge on any atom is 0.266 e. The van der Waals surface area contributed by atoms with Crippen LogP contribution in [-0.2, 0) is 4.79 Å². The van der Waals surface area contributed by atoms with Gasteiger partial charge in [0.15, 0.2) is 0 Å². The predicted octanol–water partition coefficient (Wildman–Crippen LogP) is 4.66. The fourth-order valence-corrected chi connectivity index (χ4v) is 3.39. The van der Waals surface area contributed by atoms with Crippen LogP contribution in [0.1, 0.15) is 29.8 Å². The van der Waals surface area contributed by atoms with Crippen LogP contribution >= 0.6 is 22.9 Å². The molecule has 0 N–H and O–H groups in total. The molecule has 0 spiro atoms. The molecule has 0 bridgehead atoms. The van der Waals surface area contributed by atoms with E-state index in [1.165, 1.54) is 0 Å². The molecule has 1 amide bonds. The number of hydrogen-bond donors (Lipinski definition) is 0. The second kappa shape index (κ2) is 6.46. The van der Waals surface area contributed by atoms with E-state index in [-0.39, 0.29) is 11.9 Å². The lowest BCUT2D eigenvalue weighted by molar-refractivity contribution is -0.127. The topological polar surface area (TPSA) is 32.7 Å². The molecule has 3 rings (SSSR count). The number of thiophene rings is 1. The van der Waals surface area contributed by atoms with Crippen molar-refractivity contribution in [2.24, 2.45) is 5.10 Å². The number of halogens is 1. The summed E-state index contributed by atoms with van der Waals surface area (Å²) in [6.45, 7) is 1.83. The summed E-state index contributed by atoms with van der Waals surface area (Å²) in [4.78, 5) is 13.4. The fourth-order valence-electron chi connectivity index (χ4n) is 2.45. The highest BCUT2D eigenvalue weighted by atomic mass is 35.5. The van der Waals surface area contributed by atoms with Gasteiger partial charge in [-0.2, -0.15) is 5.10 Å².